The Hall–Kier alpha value is -2.82. The SMILES string of the molecule is CCNC(=NCc1cccc(C(=O)NCc2ccco2)c1)NCc1nc(C)c(C)o1.I. The van der Waals surface area contributed by atoms with Gasteiger partial charge < -0.3 is 24.8 Å². The predicted octanol–water partition coefficient (Wildman–Crippen LogP) is 3.69. The van der Waals surface area contributed by atoms with Gasteiger partial charge in [-0.2, -0.15) is 0 Å². The van der Waals surface area contributed by atoms with E-state index in [1.807, 2.05) is 45.0 Å². The van der Waals surface area contributed by atoms with Gasteiger partial charge in [-0.1, -0.05) is 12.1 Å². The van der Waals surface area contributed by atoms with Crippen LogP contribution in [0.2, 0.25) is 0 Å². The van der Waals surface area contributed by atoms with Gasteiger partial charge in [0.2, 0.25) is 5.89 Å². The van der Waals surface area contributed by atoms with Gasteiger partial charge in [0.1, 0.15) is 11.5 Å². The fraction of sp³-hybridized carbons (Fsp3) is 0.318. The number of rotatable bonds is 8. The molecule has 0 saturated carbocycles. The Labute approximate surface area is 198 Å². The third kappa shape index (κ3) is 7.42. The highest BCUT2D eigenvalue weighted by Gasteiger charge is 2.08. The summed E-state index contributed by atoms with van der Waals surface area (Å²) >= 11 is 0. The molecule has 8 nitrogen and oxygen atoms in total. The number of guanidine groups is 1. The molecular formula is C22H28IN5O3. The number of hydrogen-bond donors (Lipinski definition) is 3. The van der Waals surface area contributed by atoms with Gasteiger partial charge in [-0.25, -0.2) is 9.98 Å². The smallest absolute Gasteiger partial charge is 0.251 e. The van der Waals surface area contributed by atoms with E-state index in [9.17, 15) is 4.79 Å². The minimum absolute atomic E-state index is 0. The van der Waals surface area contributed by atoms with Gasteiger partial charge in [-0.15, -0.1) is 24.0 Å². The molecule has 0 radical (unpaired) electrons. The number of amides is 1. The van der Waals surface area contributed by atoms with Gasteiger partial charge in [-0.3, -0.25) is 4.79 Å². The van der Waals surface area contributed by atoms with Gasteiger partial charge in [0, 0.05) is 12.1 Å². The summed E-state index contributed by atoms with van der Waals surface area (Å²) in [6.07, 6.45) is 1.58. The van der Waals surface area contributed by atoms with Crippen molar-refractivity contribution in [3.05, 3.63) is 76.9 Å². The van der Waals surface area contributed by atoms with Gasteiger partial charge in [0.25, 0.3) is 5.91 Å². The minimum Gasteiger partial charge on any atom is -0.467 e. The zero-order chi connectivity index (χ0) is 21.3. The van der Waals surface area contributed by atoms with Crippen LogP contribution >= 0.6 is 24.0 Å². The van der Waals surface area contributed by atoms with E-state index in [2.05, 4.69) is 25.9 Å². The molecule has 0 fully saturated rings. The quantitative estimate of drug-likeness (QED) is 0.230. The topological polar surface area (TPSA) is 105 Å². The van der Waals surface area contributed by atoms with Crippen molar-refractivity contribution in [3.8, 4) is 0 Å². The van der Waals surface area contributed by atoms with Crippen LogP contribution in [0.1, 0.15) is 46.0 Å². The zero-order valence-electron chi connectivity index (χ0n) is 17.9. The summed E-state index contributed by atoms with van der Waals surface area (Å²) in [4.78, 5) is 21.3. The van der Waals surface area contributed by atoms with Gasteiger partial charge in [0.05, 0.1) is 31.6 Å². The van der Waals surface area contributed by atoms with E-state index in [0.29, 0.717) is 42.8 Å². The molecule has 0 saturated heterocycles. The third-order valence-corrected chi connectivity index (χ3v) is 4.44. The van der Waals surface area contributed by atoms with E-state index in [0.717, 1.165) is 23.6 Å². The Morgan fingerprint density at radius 2 is 1.94 bits per heavy atom. The van der Waals surface area contributed by atoms with Crippen LogP contribution in [0.15, 0.2) is 56.5 Å². The maximum atomic E-state index is 12.4. The molecule has 31 heavy (non-hydrogen) atoms. The summed E-state index contributed by atoms with van der Waals surface area (Å²) in [5.41, 5.74) is 2.40. The van der Waals surface area contributed by atoms with Crippen molar-refractivity contribution in [2.45, 2.75) is 40.4 Å². The molecule has 0 aliphatic carbocycles. The van der Waals surface area contributed by atoms with E-state index in [1.54, 1.807) is 18.4 Å². The van der Waals surface area contributed by atoms with Crippen LogP contribution in [0, 0.1) is 13.8 Å². The number of hydrogen-bond acceptors (Lipinski definition) is 5. The molecule has 0 aliphatic rings. The number of benzene rings is 1. The molecule has 2 heterocycles. The van der Waals surface area contributed by atoms with Crippen LogP contribution < -0.4 is 16.0 Å². The maximum Gasteiger partial charge on any atom is 0.251 e. The van der Waals surface area contributed by atoms with E-state index < -0.39 is 0 Å². The summed E-state index contributed by atoms with van der Waals surface area (Å²) in [5.74, 6) is 2.64. The lowest BCUT2D eigenvalue weighted by Gasteiger charge is -2.10. The lowest BCUT2D eigenvalue weighted by molar-refractivity contribution is 0.0948. The lowest BCUT2D eigenvalue weighted by Crippen LogP contribution is -2.36. The van der Waals surface area contributed by atoms with Crippen LogP contribution in [0.5, 0.6) is 0 Å². The largest absolute Gasteiger partial charge is 0.467 e. The second-order valence-electron chi connectivity index (χ2n) is 6.76. The van der Waals surface area contributed by atoms with Gasteiger partial charge >= 0.3 is 0 Å². The van der Waals surface area contributed by atoms with Crippen LogP contribution in [0.4, 0.5) is 0 Å². The molecule has 0 atom stereocenters. The number of aliphatic imine (C=N–C) groups is 1. The Balaban J connectivity index is 0.00000341. The molecule has 0 bridgehead atoms. The molecule has 2 aromatic heterocycles. The first-order valence-electron chi connectivity index (χ1n) is 9.89. The third-order valence-electron chi connectivity index (χ3n) is 4.44. The Morgan fingerprint density at radius 3 is 2.61 bits per heavy atom. The number of carbonyl (C=O) groups excluding carboxylic acids is 1. The fourth-order valence-electron chi connectivity index (χ4n) is 2.78. The fourth-order valence-corrected chi connectivity index (χ4v) is 2.78. The number of nitrogens with zero attached hydrogens (tertiary/aromatic N) is 2. The number of aryl methyl sites for hydroxylation is 2. The summed E-state index contributed by atoms with van der Waals surface area (Å²) < 4.78 is 10.8. The Morgan fingerprint density at radius 1 is 1.10 bits per heavy atom. The highest BCUT2D eigenvalue weighted by Crippen LogP contribution is 2.09. The van der Waals surface area contributed by atoms with Crippen molar-refractivity contribution in [3.63, 3.8) is 0 Å². The molecule has 3 aromatic rings. The number of oxazole rings is 1. The Bertz CT molecular complexity index is 979. The number of nitrogens with one attached hydrogen (secondary N) is 3. The summed E-state index contributed by atoms with van der Waals surface area (Å²) in [5, 5.41) is 9.26. The first kappa shape index (κ1) is 24.4. The molecule has 0 unspecified atom stereocenters. The predicted molar refractivity (Wildman–Crippen MR) is 129 cm³/mol. The van der Waals surface area contributed by atoms with Crippen LogP contribution in [-0.4, -0.2) is 23.4 Å². The highest BCUT2D eigenvalue weighted by atomic mass is 127. The molecule has 0 aliphatic heterocycles. The van der Waals surface area contributed by atoms with E-state index >= 15 is 0 Å². The Kier molecular flexibility index (Phi) is 9.57. The second-order valence-corrected chi connectivity index (χ2v) is 6.76. The minimum atomic E-state index is -0.156. The first-order chi connectivity index (χ1) is 14.5. The molecule has 166 valence electrons. The van der Waals surface area contributed by atoms with E-state index in [1.165, 1.54) is 0 Å². The summed E-state index contributed by atoms with van der Waals surface area (Å²) in [7, 11) is 0. The molecular weight excluding hydrogens is 509 g/mol. The first-order valence-corrected chi connectivity index (χ1v) is 9.89. The average molecular weight is 537 g/mol. The maximum absolute atomic E-state index is 12.4. The molecule has 3 N–H and O–H groups in total. The van der Waals surface area contributed by atoms with Crippen molar-refractivity contribution in [2.24, 2.45) is 4.99 Å². The number of carbonyl (C=O) groups is 1. The average Bonchev–Trinajstić information content (AvgIpc) is 3.38. The molecule has 0 spiro atoms. The van der Waals surface area contributed by atoms with Gasteiger partial charge in [0.15, 0.2) is 5.96 Å². The monoisotopic (exact) mass is 537 g/mol. The van der Waals surface area contributed by atoms with Crippen molar-refractivity contribution < 1.29 is 13.6 Å². The number of halogens is 1. The van der Waals surface area contributed by atoms with Crippen molar-refractivity contribution in [1.29, 1.82) is 0 Å². The van der Waals surface area contributed by atoms with Crippen LogP contribution in [0.3, 0.4) is 0 Å². The zero-order valence-corrected chi connectivity index (χ0v) is 20.2. The second kappa shape index (κ2) is 12.1. The standard InChI is InChI=1S/C22H27N5O3.HI/c1-4-23-22(26-14-20-27-15(2)16(3)30-20)25-12-17-7-5-8-18(11-17)21(28)24-13-19-9-6-10-29-19;/h5-11H,4,12-14H2,1-3H3,(H,24,28)(H2,23,25,26);1H. The van der Waals surface area contributed by atoms with E-state index in [4.69, 9.17) is 8.83 Å². The van der Waals surface area contributed by atoms with Crippen molar-refractivity contribution >= 4 is 35.8 Å². The highest BCUT2D eigenvalue weighted by molar-refractivity contribution is 14.0. The summed E-state index contributed by atoms with van der Waals surface area (Å²) in [6, 6.07) is 11.0. The number of furan rings is 1. The summed E-state index contributed by atoms with van der Waals surface area (Å²) in [6.45, 7) is 7.75. The van der Waals surface area contributed by atoms with Gasteiger partial charge in [-0.05, 0) is 50.6 Å². The van der Waals surface area contributed by atoms with E-state index in [-0.39, 0.29) is 29.9 Å². The lowest BCUT2D eigenvalue weighted by atomic mass is 10.1. The molecule has 1 aromatic carbocycles. The molecule has 1 amide bonds. The van der Waals surface area contributed by atoms with Crippen molar-refractivity contribution in [1.82, 2.24) is 20.9 Å². The van der Waals surface area contributed by atoms with Crippen LogP contribution in [0.25, 0.3) is 0 Å². The number of aromatic nitrogens is 1. The van der Waals surface area contributed by atoms with Crippen molar-refractivity contribution in [2.75, 3.05) is 6.54 Å². The van der Waals surface area contributed by atoms with Crippen LogP contribution in [-0.2, 0) is 19.6 Å². The normalized spacial score (nSPS) is 11.0. The molecule has 3 rings (SSSR count). The molecule has 9 heteroatoms.